The Labute approximate surface area is 158 Å². The van der Waals surface area contributed by atoms with Crippen molar-refractivity contribution in [2.24, 2.45) is 0 Å². The summed E-state index contributed by atoms with van der Waals surface area (Å²) >= 11 is 0. The molecule has 0 N–H and O–H groups in total. The van der Waals surface area contributed by atoms with Crippen LogP contribution in [-0.2, 0) is 16.1 Å². The van der Waals surface area contributed by atoms with Gasteiger partial charge in [-0.05, 0) is 36.8 Å². The van der Waals surface area contributed by atoms with Crippen LogP contribution in [0, 0.1) is 11.3 Å². The van der Waals surface area contributed by atoms with Crippen LogP contribution in [0.15, 0.2) is 48.7 Å². The van der Waals surface area contributed by atoms with E-state index in [-0.39, 0.29) is 17.6 Å². The Balaban J connectivity index is 1.33. The Kier molecular flexibility index (Phi) is 4.88. The van der Waals surface area contributed by atoms with Gasteiger partial charge in [0.1, 0.15) is 5.60 Å². The van der Waals surface area contributed by atoms with Crippen LogP contribution in [0.25, 0.3) is 0 Å². The van der Waals surface area contributed by atoms with Crippen molar-refractivity contribution in [2.75, 3.05) is 19.7 Å². The summed E-state index contributed by atoms with van der Waals surface area (Å²) in [6, 6.07) is 14.7. The van der Waals surface area contributed by atoms with Crippen molar-refractivity contribution in [1.82, 2.24) is 9.88 Å². The van der Waals surface area contributed by atoms with E-state index in [2.05, 4.69) is 11.1 Å². The fourth-order valence-electron chi connectivity index (χ4n) is 3.73. The topological polar surface area (TPSA) is 75.5 Å². The lowest BCUT2D eigenvalue weighted by Gasteiger charge is -2.53. The van der Waals surface area contributed by atoms with Crippen LogP contribution in [0.3, 0.4) is 0 Å². The second-order valence-corrected chi connectivity index (χ2v) is 7.13. The highest BCUT2D eigenvalue weighted by Crippen LogP contribution is 2.36. The summed E-state index contributed by atoms with van der Waals surface area (Å²) in [7, 11) is 0. The first-order valence-corrected chi connectivity index (χ1v) is 9.12. The fourth-order valence-corrected chi connectivity index (χ4v) is 3.73. The van der Waals surface area contributed by atoms with Crippen molar-refractivity contribution in [3.63, 3.8) is 0 Å². The zero-order valence-corrected chi connectivity index (χ0v) is 15.0. The highest BCUT2D eigenvalue weighted by molar-refractivity contribution is 5.95. The highest BCUT2D eigenvalue weighted by atomic mass is 16.5. The van der Waals surface area contributed by atoms with E-state index in [0.29, 0.717) is 37.4 Å². The van der Waals surface area contributed by atoms with Gasteiger partial charge in [0.25, 0.3) is 5.91 Å². The van der Waals surface area contributed by atoms with Gasteiger partial charge in [-0.25, -0.2) is 0 Å². The van der Waals surface area contributed by atoms with Gasteiger partial charge in [0, 0.05) is 24.8 Å². The summed E-state index contributed by atoms with van der Waals surface area (Å²) in [5.74, 6) is -0.0575. The molecule has 6 heteroatoms. The molecule has 27 heavy (non-hydrogen) atoms. The summed E-state index contributed by atoms with van der Waals surface area (Å²) in [4.78, 5) is 18.7. The van der Waals surface area contributed by atoms with Crippen molar-refractivity contribution in [1.29, 1.82) is 5.26 Å². The van der Waals surface area contributed by atoms with Crippen molar-refractivity contribution < 1.29 is 14.3 Å². The van der Waals surface area contributed by atoms with E-state index < -0.39 is 0 Å². The minimum atomic E-state index is -0.310. The Hall–Kier alpha value is -2.75. The Bertz CT molecular complexity index is 856. The molecule has 0 unspecified atom stereocenters. The molecule has 138 valence electrons. The number of hydrogen-bond acceptors (Lipinski definition) is 5. The maximum Gasteiger partial charge on any atom is 0.254 e. The number of likely N-dealkylation sites (tertiary alicyclic amines) is 1. The number of rotatable bonds is 4. The Morgan fingerprint density at radius 2 is 2.22 bits per heavy atom. The lowest BCUT2D eigenvalue weighted by molar-refractivity contribution is -0.188. The fraction of sp³-hybridized carbons (Fsp3) is 0.381. The minimum Gasteiger partial charge on any atom is -0.372 e. The molecule has 3 heterocycles. The van der Waals surface area contributed by atoms with Gasteiger partial charge in [0.15, 0.2) is 0 Å². The smallest absolute Gasteiger partial charge is 0.254 e. The molecule has 1 atom stereocenters. The molecule has 2 saturated heterocycles. The molecular formula is C21H21N3O3. The summed E-state index contributed by atoms with van der Waals surface area (Å²) < 4.78 is 12.0. The van der Waals surface area contributed by atoms with Gasteiger partial charge < -0.3 is 14.4 Å². The normalized spacial score (nSPS) is 20.7. The van der Waals surface area contributed by atoms with Crippen molar-refractivity contribution in [3.05, 3.63) is 65.5 Å². The van der Waals surface area contributed by atoms with Crippen LogP contribution in [-0.4, -0.2) is 47.2 Å². The maximum absolute atomic E-state index is 12.6. The molecule has 2 aliphatic heterocycles. The quantitative estimate of drug-likeness (QED) is 0.834. The van der Waals surface area contributed by atoms with Crippen LogP contribution < -0.4 is 0 Å². The van der Waals surface area contributed by atoms with Crippen LogP contribution in [0.2, 0.25) is 0 Å². The molecule has 0 saturated carbocycles. The van der Waals surface area contributed by atoms with Crippen LogP contribution >= 0.6 is 0 Å². The first-order valence-electron chi connectivity index (χ1n) is 9.12. The summed E-state index contributed by atoms with van der Waals surface area (Å²) in [5, 5.41) is 9.00. The van der Waals surface area contributed by atoms with Gasteiger partial charge in [-0.15, -0.1) is 0 Å². The summed E-state index contributed by atoms with van der Waals surface area (Å²) in [5.41, 5.74) is 1.65. The second kappa shape index (κ2) is 7.47. The average Bonchev–Trinajstić information content (AvgIpc) is 2.71. The van der Waals surface area contributed by atoms with Crippen molar-refractivity contribution in [3.8, 4) is 6.07 Å². The molecule has 0 bridgehead atoms. The number of carbonyl (C=O) groups is 1. The monoisotopic (exact) mass is 363 g/mol. The number of benzene rings is 1. The molecule has 0 aliphatic carbocycles. The number of amides is 1. The highest BCUT2D eigenvalue weighted by Gasteiger charge is 2.49. The zero-order valence-electron chi connectivity index (χ0n) is 15.0. The number of hydrogen-bond donors (Lipinski definition) is 0. The Morgan fingerprint density at radius 1 is 1.33 bits per heavy atom. The molecule has 2 aromatic rings. The first kappa shape index (κ1) is 17.7. The van der Waals surface area contributed by atoms with E-state index >= 15 is 0 Å². The predicted molar refractivity (Wildman–Crippen MR) is 97.8 cm³/mol. The lowest BCUT2D eigenvalue weighted by Crippen LogP contribution is -2.67. The van der Waals surface area contributed by atoms with Crippen LogP contribution in [0.5, 0.6) is 0 Å². The average molecular weight is 363 g/mol. The van der Waals surface area contributed by atoms with E-state index in [9.17, 15) is 4.79 Å². The molecule has 1 amide bonds. The molecule has 1 aromatic carbocycles. The number of pyridine rings is 1. The van der Waals surface area contributed by atoms with E-state index in [1.54, 1.807) is 35.4 Å². The molecule has 1 aromatic heterocycles. The van der Waals surface area contributed by atoms with Gasteiger partial charge in [-0.2, -0.15) is 5.26 Å². The van der Waals surface area contributed by atoms with E-state index in [4.69, 9.17) is 14.7 Å². The van der Waals surface area contributed by atoms with E-state index in [0.717, 1.165) is 18.5 Å². The Morgan fingerprint density at radius 3 is 3.00 bits per heavy atom. The van der Waals surface area contributed by atoms with Crippen molar-refractivity contribution in [2.45, 2.75) is 31.2 Å². The largest absolute Gasteiger partial charge is 0.372 e. The molecule has 6 nitrogen and oxygen atoms in total. The number of nitrogens with zero attached hydrogens (tertiary/aromatic N) is 3. The number of nitriles is 1. The lowest BCUT2D eigenvalue weighted by atomic mass is 9.84. The maximum atomic E-state index is 12.6. The third-order valence-corrected chi connectivity index (χ3v) is 5.12. The SMILES string of the molecule is N#Cc1cccc(C(=O)N2CC3(C[C@@H](OCc4ccccn4)CCO3)C2)c1. The van der Waals surface area contributed by atoms with Gasteiger partial charge in [0.2, 0.25) is 0 Å². The van der Waals surface area contributed by atoms with Gasteiger partial charge in [-0.3, -0.25) is 9.78 Å². The van der Waals surface area contributed by atoms with Gasteiger partial charge >= 0.3 is 0 Å². The second-order valence-electron chi connectivity index (χ2n) is 7.13. The third-order valence-electron chi connectivity index (χ3n) is 5.12. The third kappa shape index (κ3) is 3.85. The molecule has 0 radical (unpaired) electrons. The summed E-state index contributed by atoms with van der Waals surface area (Å²) in [6.07, 6.45) is 3.51. The molecule has 2 aliphatic rings. The number of carbonyl (C=O) groups excluding carboxylic acids is 1. The first-order chi connectivity index (χ1) is 13.2. The molecule has 4 rings (SSSR count). The molecule has 2 fully saturated rings. The van der Waals surface area contributed by atoms with Crippen LogP contribution in [0.1, 0.15) is 34.5 Å². The van der Waals surface area contributed by atoms with E-state index in [1.165, 1.54) is 0 Å². The standard InChI is InChI=1S/C21H21N3O3/c22-12-16-4-3-5-17(10-16)20(25)24-14-21(15-24)11-19(7-9-27-21)26-13-18-6-1-2-8-23-18/h1-6,8,10,19H,7,9,11,13-15H2/t19-/m0/s1. The van der Waals surface area contributed by atoms with Gasteiger partial charge in [0.05, 0.1) is 43.1 Å². The predicted octanol–water partition coefficient (Wildman–Crippen LogP) is 2.54. The van der Waals surface area contributed by atoms with Crippen molar-refractivity contribution >= 4 is 5.91 Å². The molecular weight excluding hydrogens is 342 g/mol. The van der Waals surface area contributed by atoms with Gasteiger partial charge in [-0.1, -0.05) is 12.1 Å². The minimum absolute atomic E-state index is 0.0575. The number of aromatic nitrogens is 1. The number of ether oxygens (including phenoxy) is 2. The summed E-state index contributed by atoms with van der Waals surface area (Å²) in [6.45, 7) is 2.25. The molecule has 1 spiro atoms. The van der Waals surface area contributed by atoms with Crippen LogP contribution in [0.4, 0.5) is 0 Å². The zero-order chi connectivity index (χ0) is 18.7. The van der Waals surface area contributed by atoms with E-state index in [1.807, 2.05) is 18.2 Å².